The second-order valence-electron chi connectivity index (χ2n) is 11.8. The number of unbranched alkanes of at least 4 members (excludes halogenated alkanes) is 1. The number of esters is 2. The van der Waals surface area contributed by atoms with Gasteiger partial charge in [-0.2, -0.15) is 0 Å². The molecule has 7 heteroatoms. The minimum Gasteiger partial charge on any atom is -0.466 e. The summed E-state index contributed by atoms with van der Waals surface area (Å²) in [5, 5.41) is 0.843. The Kier molecular flexibility index (Phi) is 13.3. The van der Waals surface area contributed by atoms with Gasteiger partial charge < -0.3 is 14.2 Å². The smallest absolute Gasteiger partial charge is 0.337 e. The molecule has 2 aromatic rings. The Morgan fingerprint density at radius 1 is 1.05 bits per heavy atom. The second-order valence-corrected chi connectivity index (χ2v) is 12.3. The molecule has 228 valence electrons. The van der Waals surface area contributed by atoms with Gasteiger partial charge in [0.05, 0.1) is 32.0 Å². The van der Waals surface area contributed by atoms with Gasteiger partial charge >= 0.3 is 11.9 Å². The van der Waals surface area contributed by atoms with Crippen LogP contribution in [0.5, 0.6) is 0 Å². The zero-order chi connectivity index (χ0) is 30.5. The lowest BCUT2D eigenvalue weighted by Gasteiger charge is -2.30. The van der Waals surface area contributed by atoms with Gasteiger partial charge in [-0.15, -0.1) is 0 Å². The molecule has 0 aromatic heterocycles. The van der Waals surface area contributed by atoms with Crippen molar-refractivity contribution in [1.29, 1.82) is 0 Å². The van der Waals surface area contributed by atoms with E-state index in [-0.39, 0.29) is 23.5 Å². The highest BCUT2D eigenvalue weighted by Crippen LogP contribution is 2.27. The monoisotopic (exact) mass is 595 g/mol. The molecule has 0 saturated carbocycles. The SMILES string of the molecule is CCOC(=O)CCCCN(Cc1ccc(C(=O)OC)cc1)C[C@H](OCc1cccc(C(C)(C)C)c1)C1=CCCC(Cl)=C1. The van der Waals surface area contributed by atoms with Crippen LogP contribution >= 0.6 is 11.6 Å². The third kappa shape index (κ3) is 11.0. The predicted octanol–water partition coefficient (Wildman–Crippen LogP) is 7.73. The number of halogens is 1. The normalized spacial score (nSPS) is 14.3. The summed E-state index contributed by atoms with van der Waals surface area (Å²) in [4.78, 5) is 26.2. The minimum absolute atomic E-state index is 0.0569. The van der Waals surface area contributed by atoms with Crippen molar-refractivity contribution in [1.82, 2.24) is 4.90 Å². The molecular weight excluding hydrogens is 550 g/mol. The Balaban J connectivity index is 1.79. The molecule has 1 atom stereocenters. The molecule has 0 N–H and O–H groups in total. The second kappa shape index (κ2) is 16.6. The van der Waals surface area contributed by atoms with E-state index < -0.39 is 0 Å². The number of allylic oxidation sites excluding steroid dienone is 2. The fourth-order valence-corrected chi connectivity index (χ4v) is 5.16. The first-order chi connectivity index (χ1) is 20.1. The topological polar surface area (TPSA) is 65.1 Å². The van der Waals surface area contributed by atoms with Crippen LogP contribution in [0.15, 0.2) is 71.3 Å². The van der Waals surface area contributed by atoms with Crippen molar-refractivity contribution in [3.63, 3.8) is 0 Å². The van der Waals surface area contributed by atoms with Crippen molar-refractivity contribution >= 4 is 23.5 Å². The first-order valence-electron chi connectivity index (χ1n) is 14.9. The number of hydrogen-bond acceptors (Lipinski definition) is 6. The Hall–Kier alpha value is -2.93. The number of rotatable bonds is 15. The largest absolute Gasteiger partial charge is 0.466 e. The van der Waals surface area contributed by atoms with E-state index in [2.05, 4.69) is 56.0 Å². The Morgan fingerprint density at radius 2 is 1.81 bits per heavy atom. The van der Waals surface area contributed by atoms with Crippen molar-refractivity contribution in [2.75, 3.05) is 26.8 Å². The third-order valence-electron chi connectivity index (χ3n) is 7.32. The zero-order valence-electron chi connectivity index (χ0n) is 25.8. The van der Waals surface area contributed by atoms with E-state index in [0.29, 0.717) is 38.3 Å². The van der Waals surface area contributed by atoms with Crippen molar-refractivity contribution < 1.29 is 23.8 Å². The van der Waals surface area contributed by atoms with Crippen LogP contribution in [0, 0.1) is 0 Å². The molecule has 2 aromatic carbocycles. The molecule has 0 unspecified atom stereocenters. The van der Waals surface area contributed by atoms with E-state index in [1.54, 1.807) is 12.1 Å². The summed E-state index contributed by atoms with van der Waals surface area (Å²) in [6.07, 6.45) is 7.82. The van der Waals surface area contributed by atoms with Crippen LogP contribution in [0.1, 0.15) is 86.8 Å². The van der Waals surface area contributed by atoms with E-state index in [0.717, 1.165) is 54.0 Å². The lowest BCUT2D eigenvalue weighted by Crippen LogP contribution is -2.35. The predicted molar refractivity (Wildman–Crippen MR) is 169 cm³/mol. The van der Waals surface area contributed by atoms with E-state index in [1.807, 2.05) is 25.1 Å². The lowest BCUT2D eigenvalue weighted by molar-refractivity contribution is -0.143. The molecule has 1 aliphatic carbocycles. The highest BCUT2D eigenvalue weighted by atomic mass is 35.5. The van der Waals surface area contributed by atoms with Crippen LogP contribution in [0.25, 0.3) is 0 Å². The van der Waals surface area contributed by atoms with E-state index in [9.17, 15) is 9.59 Å². The van der Waals surface area contributed by atoms with Crippen molar-refractivity contribution in [2.45, 2.75) is 84.5 Å². The maximum Gasteiger partial charge on any atom is 0.337 e. The summed E-state index contributed by atoms with van der Waals surface area (Å²) in [5.41, 5.74) is 5.16. The maximum atomic E-state index is 11.9. The maximum absolute atomic E-state index is 11.9. The van der Waals surface area contributed by atoms with Crippen LogP contribution in [0.4, 0.5) is 0 Å². The summed E-state index contributed by atoms with van der Waals surface area (Å²) in [6.45, 7) is 11.5. The molecule has 0 saturated heterocycles. The molecule has 42 heavy (non-hydrogen) atoms. The number of benzene rings is 2. The van der Waals surface area contributed by atoms with Crippen molar-refractivity contribution in [3.8, 4) is 0 Å². The molecule has 0 bridgehead atoms. The highest BCUT2D eigenvalue weighted by molar-refractivity contribution is 6.29. The van der Waals surface area contributed by atoms with Gasteiger partial charge in [-0.1, -0.05) is 74.8 Å². The van der Waals surface area contributed by atoms with Gasteiger partial charge in [0.25, 0.3) is 0 Å². The van der Waals surface area contributed by atoms with Gasteiger partial charge in [-0.3, -0.25) is 9.69 Å². The fraction of sp³-hybridized carbons (Fsp3) is 0.486. The van der Waals surface area contributed by atoms with Crippen LogP contribution in [-0.2, 0) is 37.6 Å². The first kappa shape index (κ1) is 33.6. The van der Waals surface area contributed by atoms with Crippen molar-refractivity contribution in [3.05, 3.63) is 93.5 Å². The van der Waals surface area contributed by atoms with Crippen LogP contribution in [0.2, 0.25) is 0 Å². The number of methoxy groups -OCH3 is 1. The quantitative estimate of drug-likeness (QED) is 0.155. The Bertz CT molecular complexity index is 1230. The molecule has 0 aliphatic heterocycles. The molecule has 6 nitrogen and oxygen atoms in total. The summed E-state index contributed by atoms with van der Waals surface area (Å²) in [6, 6.07) is 16.1. The van der Waals surface area contributed by atoms with E-state index >= 15 is 0 Å². The van der Waals surface area contributed by atoms with Crippen molar-refractivity contribution in [2.24, 2.45) is 0 Å². The van der Waals surface area contributed by atoms with Gasteiger partial charge in [-0.05, 0) is 85.0 Å². The number of ether oxygens (including phenoxy) is 3. The molecular formula is C35H46ClNO5. The summed E-state index contributed by atoms with van der Waals surface area (Å²) in [5.74, 6) is -0.512. The summed E-state index contributed by atoms with van der Waals surface area (Å²) < 4.78 is 16.6. The molecule has 0 amide bonds. The fourth-order valence-electron chi connectivity index (χ4n) is 4.92. The van der Waals surface area contributed by atoms with Crippen LogP contribution in [0.3, 0.4) is 0 Å². The number of nitrogens with zero attached hydrogens (tertiary/aromatic N) is 1. The molecule has 1 aliphatic rings. The lowest BCUT2D eigenvalue weighted by atomic mass is 9.86. The van der Waals surface area contributed by atoms with Gasteiger partial charge in [0, 0.05) is 24.5 Å². The van der Waals surface area contributed by atoms with E-state index in [4.69, 9.17) is 25.8 Å². The van der Waals surface area contributed by atoms with Gasteiger partial charge in [-0.25, -0.2) is 4.79 Å². The average molecular weight is 596 g/mol. The highest BCUT2D eigenvalue weighted by Gasteiger charge is 2.22. The molecule has 0 heterocycles. The third-order valence-corrected chi connectivity index (χ3v) is 7.62. The summed E-state index contributed by atoms with van der Waals surface area (Å²) in [7, 11) is 1.38. The zero-order valence-corrected chi connectivity index (χ0v) is 26.5. The first-order valence-corrected chi connectivity index (χ1v) is 15.3. The Labute approximate surface area is 256 Å². The molecule has 0 radical (unpaired) electrons. The van der Waals surface area contributed by atoms with Gasteiger partial charge in [0.1, 0.15) is 0 Å². The van der Waals surface area contributed by atoms with E-state index in [1.165, 1.54) is 12.7 Å². The molecule has 0 fully saturated rings. The van der Waals surface area contributed by atoms with Crippen LogP contribution in [-0.4, -0.2) is 49.7 Å². The minimum atomic E-state index is -0.353. The standard InChI is InChI=1S/C35H46ClNO5/c1-6-41-33(38)15-7-8-20-37(23-26-16-18-28(19-17-26)34(39)40-5)24-32(29-12-10-14-31(36)22-29)42-25-27-11-9-13-30(21-27)35(2,3)4/h9,11-13,16-19,21-22,32H,6-8,10,14-15,20,23-25H2,1-5H3/t32-/m0/s1. The molecule has 0 spiro atoms. The number of hydrogen-bond donors (Lipinski definition) is 0. The Morgan fingerprint density at radius 3 is 2.48 bits per heavy atom. The average Bonchev–Trinajstić information content (AvgIpc) is 2.97. The van der Waals surface area contributed by atoms with Gasteiger partial charge in [0.2, 0.25) is 0 Å². The van der Waals surface area contributed by atoms with Gasteiger partial charge in [0.15, 0.2) is 0 Å². The number of carbonyl (C=O) groups is 2. The molecule has 3 rings (SSSR count). The number of carbonyl (C=O) groups excluding carboxylic acids is 2. The summed E-state index contributed by atoms with van der Waals surface area (Å²) >= 11 is 6.49. The van der Waals surface area contributed by atoms with Crippen LogP contribution < -0.4 is 0 Å².